The van der Waals surface area contributed by atoms with Crippen molar-refractivity contribution in [3.8, 4) is 0 Å². The van der Waals surface area contributed by atoms with Crippen molar-refractivity contribution in [2.24, 2.45) is 11.7 Å². The first kappa shape index (κ1) is 14.3. The summed E-state index contributed by atoms with van der Waals surface area (Å²) in [6, 6.07) is 11.5. The van der Waals surface area contributed by atoms with E-state index >= 15 is 0 Å². The summed E-state index contributed by atoms with van der Waals surface area (Å²) in [4.78, 5) is 12.4. The number of rotatable bonds is 6. The SMILES string of the molecule is NC(=S)C(Cc1ccccc1)C(=O)NCc1ccoc1. The molecule has 1 unspecified atom stereocenters. The topological polar surface area (TPSA) is 68.3 Å². The Kier molecular flexibility index (Phi) is 4.90. The molecule has 0 aliphatic heterocycles. The molecule has 0 spiro atoms. The van der Waals surface area contributed by atoms with Gasteiger partial charge in [0, 0.05) is 12.1 Å². The van der Waals surface area contributed by atoms with Crippen LogP contribution in [0.15, 0.2) is 53.3 Å². The number of furan rings is 1. The molecule has 0 fully saturated rings. The Bertz CT molecular complexity index is 567. The van der Waals surface area contributed by atoms with Gasteiger partial charge < -0.3 is 15.5 Å². The molecular formula is C15H16N2O2S. The molecule has 1 amide bonds. The van der Waals surface area contributed by atoms with Gasteiger partial charge >= 0.3 is 0 Å². The van der Waals surface area contributed by atoms with Gasteiger partial charge in [0.1, 0.15) is 0 Å². The fourth-order valence-corrected chi connectivity index (χ4v) is 2.07. The van der Waals surface area contributed by atoms with Gasteiger partial charge in [-0.3, -0.25) is 4.79 Å². The lowest BCUT2D eigenvalue weighted by Crippen LogP contribution is -2.38. The van der Waals surface area contributed by atoms with Gasteiger partial charge in [0.2, 0.25) is 5.91 Å². The highest BCUT2D eigenvalue weighted by Gasteiger charge is 2.21. The molecule has 0 saturated carbocycles. The van der Waals surface area contributed by atoms with Crippen LogP contribution >= 0.6 is 12.2 Å². The molecule has 104 valence electrons. The summed E-state index contributed by atoms with van der Waals surface area (Å²) in [5.74, 6) is -0.665. The third kappa shape index (κ3) is 3.93. The molecular weight excluding hydrogens is 272 g/mol. The molecule has 2 rings (SSSR count). The summed E-state index contributed by atoms with van der Waals surface area (Å²) in [6.45, 7) is 0.406. The molecule has 2 aromatic rings. The number of amides is 1. The van der Waals surface area contributed by atoms with Crippen molar-refractivity contribution in [2.75, 3.05) is 0 Å². The number of benzene rings is 1. The minimum atomic E-state index is -0.501. The van der Waals surface area contributed by atoms with Gasteiger partial charge in [-0.05, 0) is 18.1 Å². The minimum absolute atomic E-state index is 0.164. The second kappa shape index (κ2) is 6.86. The second-order valence-corrected chi connectivity index (χ2v) is 4.97. The monoisotopic (exact) mass is 288 g/mol. The number of nitrogens with one attached hydrogen (secondary N) is 1. The van der Waals surface area contributed by atoms with Crippen molar-refractivity contribution in [3.05, 3.63) is 60.1 Å². The number of nitrogens with two attached hydrogens (primary N) is 1. The summed E-state index contributed by atoms with van der Waals surface area (Å²) < 4.78 is 4.95. The van der Waals surface area contributed by atoms with E-state index in [1.807, 2.05) is 30.3 Å². The first-order valence-electron chi connectivity index (χ1n) is 6.29. The van der Waals surface area contributed by atoms with E-state index in [9.17, 15) is 4.79 Å². The van der Waals surface area contributed by atoms with E-state index in [-0.39, 0.29) is 10.9 Å². The fraction of sp³-hybridized carbons (Fsp3) is 0.200. The van der Waals surface area contributed by atoms with Crippen molar-refractivity contribution in [1.82, 2.24) is 5.32 Å². The van der Waals surface area contributed by atoms with Crippen LogP contribution in [0.1, 0.15) is 11.1 Å². The predicted molar refractivity (Wildman–Crippen MR) is 81.0 cm³/mol. The summed E-state index contributed by atoms with van der Waals surface area (Å²) in [7, 11) is 0. The second-order valence-electron chi connectivity index (χ2n) is 4.49. The van der Waals surface area contributed by atoms with E-state index in [1.54, 1.807) is 18.6 Å². The highest BCUT2D eigenvalue weighted by atomic mass is 32.1. The Labute approximate surface area is 123 Å². The third-order valence-electron chi connectivity index (χ3n) is 2.99. The molecule has 1 heterocycles. The molecule has 5 heteroatoms. The first-order chi connectivity index (χ1) is 9.66. The highest BCUT2D eigenvalue weighted by molar-refractivity contribution is 7.80. The third-order valence-corrected chi connectivity index (χ3v) is 3.27. The quantitative estimate of drug-likeness (QED) is 0.798. The van der Waals surface area contributed by atoms with Gasteiger partial charge in [-0.2, -0.15) is 0 Å². The number of hydrogen-bond donors (Lipinski definition) is 2. The van der Waals surface area contributed by atoms with E-state index in [2.05, 4.69) is 5.32 Å². The number of carbonyl (C=O) groups excluding carboxylic acids is 1. The summed E-state index contributed by atoms with van der Waals surface area (Å²) in [6.07, 6.45) is 3.66. The van der Waals surface area contributed by atoms with Gasteiger partial charge in [0.25, 0.3) is 0 Å². The van der Waals surface area contributed by atoms with Crippen LogP contribution in [0, 0.1) is 5.92 Å². The maximum Gasteiger partial charge on any atom is 0.230 e. The van der Waals surface area contributed by atoms with Gasteiger partial charge in [0.15, 0.2) is 0 Å². The van der Waals surface area contributed by atoms with E-state index < -0.39 is 5.92 Å². The maximum atomic E-state index is 12.2. The molecule has 0 radical (unpaired) electrons. The Morgan fingerprint density at radius 3 is 2.60 bits per heavy atom. The Morgan fingerprint density at radius 2 is 2.00 bits per heavy atom. The van der Waals surface area contributed by atoms with Crippen molar-refractivity contribution in [3.63, 3.8) is 0 Å². The van der Waals surface area contributed by atoms with Gasteiger partial charge in [0.05, 0.1) is 23.4 Å². The van der Waals surface area contributed by atoms with Crippen LogP contribution < -0.4 is 11.1 Å². The summed E-state index contributed by atoms with van der Waals surface area (Å²) in [5.41, 5.74) is 7.62. The van der Waals surface area contributed by atoms with Crippen LogP contribution in [-0.4, -0.2) is 10.9 Å². The standard InChI is InChI=1S/C15H16N2O2S/c16-14(20)13(8-11-4-2-1-3-5-11)15(18)17-9-12-6-7-19-10-12/h1-7,10,13H,8-9H2,(H2,16,20)(H,17,18). The number of carbonyl (C=O) groups is 1. The van der Waals surface area contributed by atoms with Crippen LogP contribution in [0.25, 0.3) is 0 Å². The number of thiocarbonyl (C=S) groups is 1. The lowest BCUT2D eigenvalue weighted by Gasteiger charge is -2.15. The number of hydrogen-bond acceptors (Lipinski definition) is 3. The van der Waals surface area contributed by atoms with Crippen LogP contribution in [-0.2, 0) is 17.8 Å². The summed E-state index contributed by atoms with van der Waals surface area (Å²) >= 11 is 5.01. The predicted octanol–water partition coefficient (Wildman–Crippen LogP) is 2.04. The van der Waals surface area contributed by atoms with E-state index in [0.29, 0.717) is 13.0 Å². The average Bonchev–Trinajstić information content (AvgIpc) is 2.96. The molecule has 0 aliphatic carbocycles. The molecule has 4 nitrogen and oxygen atoms in total. The van der Waals surface area contributed by atoms with Gasteiger partial charge in [-0.1, -0.05) is 42.5 Å². The van der Waals surface area contributed by atoms with Gasteiger partial charge in [-0.25, -0.2) is 0 Å². The molecule has 0 bridgehead atoms. The zero-order valence-electron chi connectivity index (χ0n) is 10.9. The zero-order valence-corrected chi connectivity index (χ0v) is 11.7. The highest BCUT2D eigenvalue weighted by Crippen LogP contribution is 2.10. The smallest absolute Gasteiger partial charge is 0.230 e. The molecule has 20 heavy (non-hydrogen) atoms. The van der Waals surface area contributed by atoms with Crippen molar-refractivity contribution in [1.29, 1.82) is 0 Å². The molecule has 0 aliphatic rings. The Balaban J connectivity index is 1.97. The van der Waals surface area contributed by atoms with Crippen molar-refractivity contribution in [2.45, 2.75) is 13.0 Å². The summed E-state index contributed by atoms with van der Waals surface area (Å²) in [5, 5.41) is 2.82. The largest absolute Gasteiger partial charge is 0.472 e. The van der Waals surface area contributed by atoms with E-state index in [1.165, 1.54) is 0 Å². The average molecular weight is 288 g/mol. The van der Waals surface area contributed by atoms with Crippen molar-refractivity contribution >= 4 is 23.1 Å². The Hall–Kier alpha value is -2.14. The molecule has 1 aromatic carbocycles. The van der Waals surface area contributed by atoms with E-state index in [4.69, 9.17) is 22.4 Å². The van der Waals surface area contributed by atoms with Crippen molar-refractivity contribution < 1.29 is 9.21 Å². The first-order valence-corrected chi connectivity index (χ1v) is 6.69. The molecule has 1 aromatic heterocycles. The molecule has 0 saturated heterocycles. The van der Waals surface area contributed by atoms with Crippen LogP contribution in [0.4, 0.5) is 0 Å². The van der Waals surface area contributed by atoms with Crippen LogP contribution in [0.5, 0.6) is 0 Å². The molecule has 3 N–H and O–H groups in total. The zero-order chi connectivity index (χ0) is 14.4. The minimum Gasteiger partial charge on any atom is -0.472 e. The molecule has 1 atom stereocenters. The lowest BCUT2D eigenvalue weighted by molar-refractivity contribution is -0.123. The lowest BCUT2D eigenvalue weighted by atomic mass is 9.98. The van der Waals surface area contributed by atoms with E-state index in [0.717, 1.165) is 11.1 Å². The van der Waals surface area contributed by atoms with Crippen LogP contribution in [0.2, 0.25) is 0 Å². The maximum absolute atomic E-state index is 12.2. The Morgan fingerprint density at radius 1 is 1.25 bits per heavy atom. The van der Waals surface area contributed by atoms with Gasteiger partial charge in [-0.15, -0.1) is 0 Å². The normalized spacial score (nSPS) is 11.8. The fourth-order valence-electron chi connectivity index (χ4n) is 1.88. The van der Waals surface area contributed by atoms with Crippen LogP contribution in [0.3, 0.4) is 0 Å².